The Morgan fingerprint density at radius 1 is 1.27 bits per heavy atom. The third-order valence-electron chi connectivity index (χ3n) is 5.26. The van der Waals surface area contributed by atoms with Crippen LogP contribution in [0.2, 0.25) is 0 Å². The van der Waals surface area contributed by atoms with Gasteiger partial charge in [0, 0.05) is 17.1 Å². The number of nitrogens with one attached hydrogen (secondary N) is 2. The minimum absolute atomic E-state index is 0.0839. The lowest BCUT2D eigenvalue weighted by Crippen LogP contribution is -2.50. The van der Waals surface area contributed by atoms with E-state index in [2.05, 4.69) is 37.8 Å². The number of amides is 1. The van der Waals surface area contributed by atoms with E-state index >= 15 is 0 Å². The van der Waals surface area contributed by atoms with Gasteiger partial charge in [-0.15, -0.1) is 10.2 Å². The van der Waals surface area contributed by atoms with Crippen LogP contribution in [0, 0.1) is 19.8 Å². The van der Waals surface area contributed by atoms with Gasteiger partial charge in [0.1, 0.15) is 5.41 Å². The summed E-state index contributed by atoms with van der Waals surface area (Å²) in [5, 5.41) is 17.2. The molecule has 0 bridgehead atoms. The molecule has 8 nitrogen and oxygen atoms in total. The van der Waals surface area contributed by atoms with Crippen LogP contribution in [0.15, 0.2) is 30.6 Å². The molecular weight excluding hydrogens is 330 g/mol. The van der Waals surface area contributed by atoms with Gasteiger partial charge in [-0.05, 0) is 56.9 Å². The molecule has 1 fully saturated rings. The summed E-state index contributed by atoms with van der Waals surface area (Å²) in [7, 11) is 0. The Labute approximate surface area is 151 Å². The van der Waals surface area contributed by atoms with Crippen molar-refractivity contribution < 1.29 is 4.79 Å². The highest BCUT2D eigenvalue weighted by Crippen LogP contribution is 2.46. The van der Waals surface area contributed by atoms with Crippen molar-refractivity contribution >= 4 is 11.6 Å². The quantitative estimate of drug-likeness (QED) is 0.751. The van der Waals surface area contributed by atoms with Gasteiger partial charge >= 0.3 is 0 Å². The Morgan fingerprint density at radius 2 is 2.00 bits per heavy atom. The molecule has 0 radical (unpaired) electrons. The maximum absolute atomic E-state index is 12.9. The minimum atomic E-state index is -0.691. The first-order valence-corrected chi connectivity index (χ1v) is 8.66. The van der Waals surface area contributed by atoms with E-state index in [9.17, 15) is 4.79 Å². The van der Waals surface area contributed by atoms with Crippen molar-refractivity contribution in [3.8, 4) is 5.69 Å². The zero-order chi connectivity index (χ0) is 18.3. The molecule has 26 heavy (non-hydrogen) atoms. The standard InChI is InChI=1S/C18H21N7O/c1-11-8-18(9-11,16-21-23-24-22-16)17(26)20-14-4-6-15(7-5-14)25-10-19-12(2)13(25)3/h4-7,10-11H,8-9H2,1-3H3,(H,20,26)(H,21,22,23,24). The molecule has 1 amide bonds. The Hall–Kier alpha value is -3.03. The molecule has 134 valence electrons. The molecule has 2 N–H and O–H groups in total. The van der Waals surface area contributed by atoms with Gasteiger partial charge in [-0.2, -0.15) is 5.21 Å². The molecule has 3 aromatic rings. The van der Waals surface area contributed by atoms with Gasteiger partial charge in [-0.3, -0.25) is 4.79 Å². The fraction of sp³-hybridized carbons (Fsp3) is 0.389. The highest BCUT2D eigenvalue weighted by Gasteiger charge is 2.52. The number of carbonyl (C=O) groups is 1. The summed E-state index contributed by atoms with van der Waals surface area (Å²) in [4.78, 5) is 17.2. The number of benzene rings is 1. The van der Waals surface area contributed by atoms with E-state index in [-0.39, 0.29) is 5.91 Å². The zero-order valence-corrected chi connectivity index (χ0v) is 15.0. The molecule has 4 rings (SSSR count). The first-order chi connectivity index (χ1) is 12.5. The normalized spacial score (nSPS) is 22.0. The highest BCUT2D eigenvalue weighted by molar-refractivity contribution is 5.99. The zero-order valence-electron chi connectivity index (χ0n) is 15.0. The molecule has 1 aromatic carbocycles. The number of nitrogens with zero attached hydrogens (tertiary/aromatic N) is 5. The first kappa shape index (κ1) is 16.4. The second-order valence-corrected chi connectivity index (χ2v) is 7.12. The number of hydrogen-bond acceptors (Lipinski definition) is 5. The van der Waals surface area contributed by atoms with Crippen LogP contribution in [0.25, 0.3) is 5.69 Å². The Morgan fingerprint density at radius 3 is 2.54 bits per heavy atom. The van der Waals surface area contributed by atoms with Crippen molar-refractivity contribution in [2.45, 2.75) is 39.0 Å². The van der Waals surface area contributed by atoms with Crippen LogP contribution in [-0.4, -0.2) is 36.1 Å². The summed E-state index contributed by atoms with van der Waals surface area (Å²) in [6.07, 6.45) is 3.26. The number of anilines is 1. The van der Waals surface area contributed by atoms with Gasteiger partial charge in [0.05, 0.1) is 12.0 Å². The van der Waals surface area contributed by atoms with Gasteiger partial charge in [0.2, 0.25) is 5.91 Å². The van der Waals surface area contributed by atoms with Gasteiger partial charge in [0.15, 0.2) is 5.82 Å². The number of hydrogen-bond donors (Lipinski definition) is 2. The van der Waals surface area contributed by atoms with E-state index in [0.717, 1.165) is 35.6 Å². The number of aromatic nitrogens is 6. The molecular formula is C18H21N7O. The second kappa shape index (κ2) is 6.05. The minimum Gasteiger partial charge on any atom is -0.325 e. The smallest absolute Gasteiger partial charge is 0.238 e. The third-order valence-corrected chi connectivity index (χ3v) is 5.26. The summed E-state index contributed by atoms with van der Waals surface area (Å²) in [5.74, 6) is 0.850. The lowest BCUT2D eigenvalue weighted by Gasteiger charge is -2.42. The number of tetrazole rings is 1. The SMILES string of the molecule is Cc1ncn(-c2ccc(NC(=O)C3(c4nn[nH]n4)CC(C)C3)cc2)c1C. The number of aryl methyl sites for hydroxylation is 1. The Bertz CT molecular complexity index is 921. The van der Waals surface area contributed by atoms with E-state index in [1.807, 2.05) is 42.7 Å². The van der Waals surface area contributed by atoms with Crippen LogP contribution >= 0.6 is 0 Å². The van der Waals surface area contributed by atoms with Crippen molar-refractivity contribution in [1.82, 2.24) is 30.2 Å². The molecule has 8 heteroatoms. The number of rotatable bonds is 4. The number of imidazole rings is 1. The number of carbonyl (C=O) groups excluding carboxylic acids is 1. The van der Waals surface area contributed by atoms with Gasteiger partial charge in [-0.25, -0.2) is 4.98 Å². The average molecular weight is 351 g/mol. The molecule has 0 saturated heterocycles. The molecule has 0 spiro atoms. The first-order valence-electron chi connectivity index (χ1n) is 8.66. The summed E-state index contributed by atoms with van der Waals surface area (Å²) >= 11 is 0. The van der Waals surface area contributed by atoms with Gasteiger partial charge in [0.25, 0.3) is 0 Å². The lowest BCUT2D eigenvalue weighted by molar-refractivity contribution is -0.126. The predicted molar refractivity (Wildman–Crippen MR) is 95.9 cm³/mol. The molecule has 1 aliphatic carbocycles. The molecule has 0 atom stereocenters. The highest BCUT2D eigenvalue weighted by atomic mass is 16.2. The van der Waals surface area contributed by atoms with Crippen LogP contribution in [0.5, 0.6) is 0 Å². The number of H-pyrrole nitrogens is 1. The van der Waals surface area contributed by atoms with Crippen LogP contribution in [0.4, 0.5) is 5.69 Å². The summed E-state index contributed by atoms with van der Waals surface area (Å²) in [6, 6.07) is 7.73. The van der Waals surface area contributed by atoms with Gasteiger partial charge in [-0.1, -0.05) is 12.1 Å². The van der Waals surface area contributed by atoms with Crippen molar-refractivity contribution in [2.24, 2.45) is 5.92 Å². The third kappa shape index (κ3) is 2.58. The Kier molecular flexibility index (Phi) is 3.82. The average Bonchev–Trinajstić information content (AvgIpc) is 3.24. The van der Waals surface area contributed by atoms with E-state index in [4.69, 9.17) is 0 Å². The largest absolute Gasteiger partial charge is 0.325 e. The number of aromatic amines is 1. The lowest BCUT2D eigenvalue weighted by atomic mass is 9.61. The van der Waals surface area contributed by atoms with Crippen LogP contribution < -0.4 is 5.32 Å². The van der Waals surface area contributed by atoms with Crippen LogP contribution in [0.1, 0.15) is 37.0 Å². The fourth-order valence-electron chi connectivity index (χ4n) is 3.68. The van der Waals surface area contributed by atoms with Crippen LogP contribution in [-0.2, 0) is 10.2 Å². The van der Waals surface area contributed by atoms with Crippen molar-refractivity contribution in [1.29, 1.82) is 0 Å². The Balaban J connectivity index is 1.54. The second-order valence-electron chi connectivity index (χ2n) is 7.12. The van der Waals surface area contributed by atoms with Crippen molar-refractivity contribution in [2.75, 3.05) is 5.32 Å². The fourth-order valence-corrected chi connectivity index (χ4v) is 3.68. The topological polar surface area (TPSA) is 101 Å². The van der Waals surface area contributed by atoms with Crippen molar-refractivity contribution in [3.63, 3.8) is 0 Å². The van der Waals surface area contributed by atoms with Crippen molar-refractivity contribution in [3.05, 3.63) is 47.8 Å². The summed E-state index contributed by atoms with van der Waals surface area (Å²) in [6.45, 7) is 6.14. The van der Waals surface area contributed by atoms with E-state index in [0.29, 0.717) is 11.7 Å². The van der Waals surface area contributed by atoms with Crippen LogP contribution in [0.3, 0.4) is 0 Å². The van der Waals surface area contributed by atoms with E-state index < -0.39 is 5.41 Å². The molecule has 1 aliphatic rings. The maximum atomic E-state index is 12.9. The summed E-state index contributed by atoms with van der Waals surface area (Å²) < 4.78 is 2.02. The van der Waals surface area contributed by atoms with E-state index in [1.54, 1.807) is 6.33 Å². The predicted octanol–water partition coefficient (Wildman–Crippen LogP) is 2.31. The maximum Gasteiger partial charge on any atom is 0.238 e. The molecule has 0 aliphatic heterocycles. The van der Waals surface area contributed by atoms with Gasteiger partial charge < -0.3 is 9.88 Å². The molecule has 0 unspecified atom stereocenters. The monoisotopic (exact) mass is 351 g/mol. The molecule has 2 aromatic heterocycles. The van der Waals surface area contributed by atoms with E-state index in [1.165, 1.54) is 0 Å². The molecule has 1 saturated carbocycles. The molecule has 2 heterocycles. The summed E-state index contributed by atoms with van der Waals surface area (Å²) in [5.41, 5.74) is 3.16.